The van der Waals surface area contributed by atoms with Crippen molar-refractivity contribution in [3.05, 3.63) is 109 Å². The summed E-state index contributed by atoms with van der Waals surface area (Å²) >= 11 is 0. The third-order valence-electron chi connectivity index (χ3n) is 1.82. The maximum Gasteiger partial charge on any atom is 0.466 e. The Morgan fingerprint density at radius 2 is 0.667 bits per heavy atom. The van der Waals surface area contributed by atoms with Gasteiger partial charge in [-0.1, -0.05) is 0 Å². The van der Waals surface area contributed by atoms with Crippen molar-refractivity contribution in [1.29, 1.82) is 0 Å². The molecule has 0 aromatic heterocycles. The molecule has 0 aliphatic heterocycles. The van der Waals surface area contributed by atoms with Crippen LogP contribution in [0.1, 0.15) is 0 Å². The fourth-order valence-corrected chi connectivity index (χ4v) is 1.03. The van der Waals surface area contributed by atoms with E-state index in [1.165, 1.54) is 0 Å². The standard InChI is InChI=1S/3C6H5.H3O4P.Pd/c3*1-2-4-6-5-3-1;1-5(2,3)4;/h3*1-5H;(H3,1,2,3,4);/q3*-1;;. The van der Waals surface area contributed by atoms with Gasteiger partial charge in [0.1, 0.15) is 0 Å². The molecular formula is C18H18O4PPd-3. The predicted molar refractivity (Wildman–Crippen MR) is 90.1 cm³/mol. The van der Waals surface area contributed by atoms with E-state index in [1.807, 2.05) is 91.0 Å². The monoisotopic (exact) mass is 435 g/mol. The van der Waals surface area contributed by atoms with Crippen molar-refractivity contribution in [2.75, 3.05) is 0 Å². The molecule has 3 N–H and O–H groups in total. The molecule has 24 heavy (non-hydrogen) atoms. The van der Waals surface area contributed by atoms with E-state index in [0.29, 0.717) is 0 Å². The Balaban J connectivity index is 0. The zero-order chi connectivity index (χ0) is 17.2. The van der Waals surface area contributed by atoms with Crippen molar-refractivity contribution in [2.24, 2.45) is 0 Å². The van der Waals surface area contributed by atoms with Gasteiger partial charge in [-0.15, -0.1) is 0 Å². The molecule has 0 spiro atoms. The van der Waals surface area contributed by atoms with E-state index in [2.05, 4.69) is 18.2 Å². The van der Waals surface area contributed by atoms with Gasteiger partial charge in [-0.05, 0) is 0 Å². The van der Waals surface area contributed by atoms with E-state index >= 15 is 0 Å². The summed E-state index contributed by atoms with van der Waals surface area (Å²) in [6, 6.07) is 37.5. The molecule has 0 heterocycles. The second-order valence-electron chi connectivity index (χ2n) is 3.75. The van der Waals surface area contributed by atoms with Gasteiger partial charge in [0, 0.05) is 20.4 Å². The third-order valence-corrected chi connectivity index (χ3v) is 1.82. The number of benzene rings is 3. The van der Waals surface area contributed by atoms with Gasteiger partial charge in [-0.25, -0.2) is 4.57 Å². The van der Waals surface area contributed by atoms with Crippen LogP contribution in [-0.2, 0) is 25.0 Å². The minimum Gasteiger partial charge on any atom is -0.303 e. The molecule has 132 valence electrons. The summed E-state index contributed by atoms with van der Waals surface area (Å²) in [5.74, 6) is 0. The number of hydrogen-bond donors (Lipinski definition) is 3. The molecule has 3 rings (SSSR count). The zero-order valence-electron chi connectivity index (χ0n) is 12.7. The van der Waals surface area contributed by atoms with Crippen molar-refractivity contribution in [1.82, 2.24) is 0 Å². The summed E-state index contributed by atoms with van der Waals surface area (Å²) in [4.78, 5) is 21.6. The molecule has 4 nitrogen and oxygen atoms in total. The van der Waals surface area contributed by atoms with E-state index in [0.717, 1.165) is 0 Å². The second kappa shape index (κ2) is 17.8. The van der Waals surface area contributed by atoms with Crippen LogP contribution in [0, 0.1) is 18.2 Å². The average Bonchev–Trinajstić information content (AvgIpc) is 2.59. The van der Waals surface area contributed by atoms with Gasteiger partial charge in [0.25, 0.3) is 0 Å². The van der Waals surface area contributed by atoms with Crippen LogP contribution >= 0.6 is 7.82 Å². The van der Waals surface area contributed by atoms with Crippen molar-refractivity contribution in [2.45, 2.75) is 0 Å². The second-order valence-corrected chi connectivity index (χ2v) is 4.77. The molecule has 0 unspecified atom stereocenters. The first kappa shape index (κ1) is 24.7. The fourth-order valence-electron chi connectivity index (χ4n) is 1.03. The Kier molecular flexibility index (Phi) is 18.3. The first-order valence-electron chi connectivity index (χ1n) is 6.51. The smallest absolute Gasteiger partial charge is 0.303 e. The van der Waals surface area contributed by atoms with E-state index < -0.39 is 7.82 Å². The van der Waals surface area contributed by atoms with Gasteiger partial charge in [-0.3, -0.25) is 0 Å². The molecule has 0 radical (unpaired) electrons. The molecule has 6 heteroatoms. The Labute approximate surface area is 156 Å². The predicted octanol–water partition coefficient (Wildman–Crippen LogP) is 3.53. The average molecular weight is 436 g/mol. The topological polar surface area (TPSA) is 77.8 Å². The Bertz CT molecular complexity index is 440. The molecule has 0 amide bonds. The fraction of sp³-hybridized carbons (Fsp3) is 0. The minimum atomic E-state index is -4.64. The van der Waals surface area contributed by atoms with E-state index in [-0.39, 0.29) is 20.4 Å². The molecule has 0 fully saturated rings. The van der Waals surface area contributed by atoms with Gasteiger partial charge in [0.05, 0.1) is 0 Å². The summed E-state index contributed by atoms with van der Waals surface area (Å²) in [6.45, 7) is 0. The summed E-state index contributed by atoms with van der Waals surface area (Å²) in [6.07, 6.45) is 0. The summed E-state index contributed by atoms with van der Waals surface area (Å²) < 4.78 is 8.88. The Morgan fingerprint density at radius 1 is 0.500 bits per heavy atom. The van der Waals surface area contributed by atoms with Crippen LogP contribution in [-0.4, -0.2) is 14.7 Å². The molecule has 3 aromatic carbocycles. The van der Waals surface area contributed by atoms with Crippen molar-refractivity contribution < 1.29 is 39.7 Å². The summed E-state index contributed by atoms with van der Waals surface area (Å²) in [5, 5.41) is 0. The molecule has 0 saturated heterocycles. The molecule has 0 atom stereocenters. The summed E-state index contributed by atoms with van der Waals surface area (Å²) in [7, 11) is -4.64. The van der Waals surface area contributed by atoms with Crippen molar-refractivity contribution in [3.63, 3.8) is 0 Å². The summed E-state index contributed by atoms with van der Waals surface area (Å²) in [5.41, 5.74) is 0. The van der Waals surface area contributed by atoms with Crippen LogP contribution in [0.3, 0.4) is 0 Å². The van der Waals surface area contributed by atoms with E-state index in [4.69, 9.17) is 19.2 Å². The van der Waals surface area contributed by atoms with Gasteiger partial charge in [0.2, 0.25) is 0 Å². The molecule has 0 aliphatic carbocycles. The van der Waals surface area contributed by atoms with Crippen molar-refractivity contribution in [3.8, 4) is 0 Å². The Hall–Kier alpha value is -1.57. The number of phosphoric acid groups is 1. The van der Waals surface area contributed by atoms with E-state index in [1.54, 1.807) is 0 Å². The van der Waals surface area contributed by atoms with Crippen molar-refractivity contribution >= 4 is 7.82 Å². The first-order valence-corrected chi connectivity index (χ1v) is 8.08. The molecule has 3 aromatic rings. The maximum atomic E-state index is 8.88. The van der Waals surface area contributed by atoms with Crippen LogP contribution in [0.25, 0.3) is 0 Å². The Morgan fingerprint density at radius 3 is 0.708 bits per heavy atom. The number of hydrogen-bond acceptors (Lipinski definition) is 1. The van der Waals surface area contributed by atoms with Gasteiger partial charge in [-0.2, -0.15) is 109 Å². The normalized spacial score (nSPS) is 8.46. The van der Waals surface area contributed by atoms with Gasteiger partial charge >= 0.3 is 7.82 Å². The van der Waals surface area contributed by atoms with E-state index in [9.17, 15) is 0 Å². The molecular weight excluding hydrogens is 418 g/mol. The zero-order valence-corrected chi connectivity index (χ0v) is 15.1. The molecule has 0 aliphatic rings. The third kappa shape index (κ3) is 28.6. The first-order chi connectivity index (χ1) is 11.0. The van der Waals surface area contributed by atoms with Crippen LogP contribution in [0.15, 0.2) is 91.0 Å². The van der Waals surface area contributed by atoms with Crippen LogP contribution in [0.2, 0.25) is 0 Å². The van der Waals surface area contributed by atoms with Gasteiger partial charge in [0.15, 0.2) is 0 Å². The van der Waals surface area contributed by atoms with Gasteiger partial charge < -0.3 is 14.7 Å². The molecule has 0 saturated carbocycles. The van der Waals surface area contributed by atoms with Crippen LogP contribution in [0.5, 0.6) is 0 Å². The number of rotatable bonds is 0. The largest absolute Gasteiger partial charge is 0.466 e. The SMILES string of the molecule is O=P(O)(O)O.[Pd].[c-]1ccccc1.[c-]1ccccc1.[c-]1ccccc1. The quantitative estimate of drug-likeness (QED) is 0.287. The van der Waals surface area contributed by atoms with Crippen LogP contribution in [0.4, 0.5) is 0 Å². The molecule has 0 bridgehead atoms. The minimum absolute atomic E-state index is 0. The van der Waals surface area contributed by atoms with Crippen LogP contribution < -0.4 is 0 Å². The maximum absolute atomic E-state index is 8.88.